The Labute approximate surface area is 238 Å². The summed E-state index contributed by atoms with van der Waals surface area (Å²) in [5.74, 6) is -0.104. The van der Waals surface area contributed by atoms with E-state index in [-0.39, 0.29) is 17.9 Å². The lowest BCUT2D eigenvalue weighted by atomic mass is 10.1. The SMILES string of the molecule is CCOC(=O)C1=C(O)/C(=C/c2cc(Br)c(OCc3ccc(Br)cc3)c(Br)c2)SC1=Nc1ccccc1. The van der Waals surface area contributed by atoms with Crippen LogP contribution in [0.1, 0.15) is 18.1 Å². The van der Waals surface area contributed by atoms with Crippen LogP contribution in [-0.4, -0.2) is 22.7 Å². The van der Waals surface area contributed by atoms with Crippen LogP contribution in [0.15, 0.2) is 101 Å². The lowest BCUT2D eigenvalue weighted by Crippen LogP contribution is -2.12. The normalized spacial score (nSPS) is 15.6. The van der Waals surface area contributed by atoms with E-state index < -0.39 is 5.97 Å². The first-order valence-electron chi connectivity index (χ1n) is 10.9. The predicted molar refractivity (Wildman–Crippen MR) is 156 cm³/mol. The Bertz CT molecular complexity index is 1350. The van der Waals surface area contributed by atoms with Gasteiger partial charge in [-0.25, -0.2) is 9.79 Å². The molecule has 1 aliphatic rings. The Hall–Kier alpha value is -2.33. The second-order valence-electron chi connectivity index (χ2n) is 7.54. The molecule has 36 heavy (non-hydrogen) atoms. The molecule has 5 nitrogen and oxygen atoms in total. The van der Waals surface area contributed by atoms with Crippen LogP contribution < -0.4 is 4.74 Å². The quantitative estimate of drug-likeness (QED) is 0.251. The van der Waals surface area contributed by atoms with E-state index in [0.717, 1.165) is 24.5 Å². The van der Waals surface area contributed by atoms with Crippen molar-refractivity contribution in [2.75, 3.05) is 6.61 Å². The highest BCUT2D eigenvalue weighted by molar-refractivity contribution is 9.11. The number of aliphatic imine (C=N–C) groups is 1. The average molecular weight is 694 g/mol. The largest absolute Gasteiger partial charge is 0.506 e. The lowest BCUT2D eigenvalue weighted by Gasteiger charge is -2.12. The third-order valence-electron chi connectivity index (χ3n) is 4.97. The molecule has 0 atom stereocenters. The Morgan fingerprint density at radius 2 is 1.69 bits per heavy atom. The Morgan fingerprint density at radius 3 is 2.33 bits per heavy atom. The number of aliphatic hydroxyl groups excluding tert-OH is 1. The standard InChI is InChI=1S/C27H20Br3NO4S/c1-2-34-27(33)23-24(32)22(36-26(23)31-19-6-4-3-5-7-19)14-17-12-20(29)25(21(30)13-17)35-15-16-8-10-18(28)11-9-16/h3-14,32H,2,15H2,1H3/b22-14-,31-26?. The molecule has 4 rings (SSSR count). The molecule has 0 radical (unpaired) electrons. The summed E-state index contributed by atoms with van der Waals surface area (Å²) in [7, 11) is 0. The van der Waals surface area contributed by atoms with Crippen molar-refractivity contribution in [3.05, 3.63) is 108 Å². The molecule has 3 aromatic carbocycles. The number of para-hydroxylation sites is 1. The molecule has 184 valence electrons. The van der Waals surface area contributed by atoms with Crippen molar-refractivity contribution in [3.63, 3.8) is 0 Å². The van der Waals surface area contributed by atoms with Gasteiger partial charge in [0.25, 0.3) is 0 Å². The van der Waals surface area contributed by atoms with E-state index in [0.29, 0.717) is 28.0 Å². The average Bonchev–Trinajstić information content (AvgIpc) is 3.14. The van der Waals surface area contributed by atoms with Gasteiger partial charge in [-0.3, -0.25) is 0 Å². The minimum absolute atomic E-state index is 0.0598. The lowest BCUT2D eigenvalue weighted by molar-refractivity contribution is -0.138. The molecular weight excluding hydrogens is 674 g/mol. The molecule has 1 N–H and O–H groups in total. The van der Waals surface area contributed by atoms with Crippen molar-refractivity contribution in [1.82, 2.24) is 0 Å². The predicted octanol–water partition coefficient (Wildman–Crippen LogP) is 8.75. The van der Waals surface area contributed by atoms with Gasteiger partial charge in [0.2, 0.25) is 0 Å². The van der Waals surface area contributed by atoms with Crippen molar-refractivity contribution < 1.29 is 19.4 Å². The van der Waals surface area contributed by atoms with Crippen LogP contribution in [0.2, 0.25) is 0 Å². The van der Waals surface area contributed by atoms with Gasteiger partial charge in [-0.2, -0.15) is 0 Å². The second kappa shape index (κ2) is 12.3. The maximum Gasteiger partial charge on any atom is 0.344 e. The van der Waals surface area contributed by atoms with Crippen LogP contribution >= 0.6 is 59.6 Å². The molecule has 1 aliphatic heterocycles. The zero-order valence-electron chi connectivity index (χ0n) is 19.0. The van der Waals surface area contributed by atoms with Crippen LogP contribution in [0.25, 0.3) is 6.08 Å². The number of esters is 1. The van der Waals surface area contributed by atoms with Gasteiger partial charge >= 0.3 is 5.97 Å². The number of hydrogen-bond donors (Lipinski definition) is 1. The first-order valence-corrected chi connectivity index (χ1v) is 14.1. The topological polar surface area (TPSA) is 68.1 Å². The number of benzene rings is 3. The molecule has 0 saturated heterocycles. The minimum Gasteiger partial charge on any atom is -0.506 e. The fraction of sp³-hybridized carbons (Fsp3) is 0.111. The number of aliphatic hydroxyl groups is 1. The Kier molecular flexibility index (Phi) is 9.11. The van der Waals surface area contributed by atoms with E-state index in [4.69, 9.17) is 9.47 Å². The fourth-order valence-corrected chi connectivity index (χ4v) is 6.05. The molecule has 0 aromatic heterocycles. The van der Waals surface area contributed by atoms with Gasteiger partial charge in [-0.15, -0.1) is 0 Å². The van der Waals surface area contributed by atoms with Crippen LogP contribution in [-0.2, 0) is 16.1 Å². The van der Waals surface area contributed by atoms with Crippen LogP contribution in [0.3, 0.4) is 0 Å². The zero-order chi connectivity index (χ0) is 25.7. The van der Waals surface area contributed by atoms with Crippen molar-refractivity contribution in [2.45, 2.75) is 13.5 Å². The summed E-state index contributed by atoms with van der Waals surface area (Å²) in [6.07, 6.45) is 1.79. The van der Waals surface area contributed by atoms with E-state index in [2.05, 4.69) is 52.8 Å². The Morgan fingerprint density at radius 1 is 1.03 bits per heavy atom. The highest BCUT2D eigenvalue weighted by atomic mass is 79.9. The Balaban J connectivity index is 1.62. The third-order valence-corrected chi connectivity index (χ3v) is 7.70. The van der Waals surface area contributed by atoms with E-state index in [1.807, 2.05) is 66.7 Å². The van der Waals surface area contributed by atoms with Crippen molar-refractivity contribution >= 4 is 82.3 Å². The highest BCUT2D eigenvalue weighted by Crippen LogP contribution is 2.42. The van der Waals surface area contributed by atoms with E-state index in [1.165, 1.54) is 11.8 Å². The number of rotatable bonds is 7. The fourth-order valence-electron chi connectivity index (χ4n) is 3.30. The van der Waals surface area contributed by atoms with E-state index >= 15 is 0 Å². The molecule has 0 amide bonds. The van der Waals surface area contributed by atoms with Gasteiger partial charge in [0.1, 0.15) is 28.7 Å². The summed E-state index contributed by atoms with van der Waals surface area (Å²) >= 11 is 11.8. The van der Waals surface area contributed by atoms with Crippen molar-refractivity contribution in [2.24, 2.45) is 4.99 Å². The van der Waals surface area contributed by atoms with Gasteiger partial charge in [-0.1, -0.05) is 58.0 Å². The van der Waals surface area contributed by atoms with E-state index in [1.54, 1.807) is 13.0 Å². The minimum atomic E-state index is -0.611. The first kappa shape index (κ1) is 26.7. The summed E-state index contributed by atoms with van der Waals surface area (Å²) in [5, 5.41) is 11.3. The molecule has 0 bridgehead atoms. The highest BCUT2D eigenvalue weighted by Gasteiger charge is 2.33. The second-order valence-corrected chi connectivity index (χ2v) is 11.2. The number of thioether (sulfide) groups is 1. The van der Waals surface area contributed by atoms with Gasteiger partial charge in [0, 0.05) is 4.47 Å². The van der Waals surface area contributed by atoms with Gasteiger partial charge < -0.3 is 14.6 Å². The molecular formula is C27H20Br3NO4S. The van der Waals surface area contributed by atoms with Crippen LogP contribution in [0.5, 0.6) is 5.75 Å². The van der Waals surface area contributed by atoms with Crippen LogP contribution in [0.4, 0.5) is 5.69 Å². The number of hydrogen-bond acceptors (Lipinski definition) is 6. The van der Waals surface area contributed by atoms with Crippen molar-refractivity contribution in [1.29, 1.82) is 0 Å². The number of ether oxygens (including phenoxy) is 2. The summed E-state index contributed by atoms with van der Waals surface area (Å²) in [6, 6.07) is 21.0. The third kappa shape index (κ3) is 6.51. The molecule has 9 heteroatoms. The number of nitrogens with zero attached hydrogens (tertiary/aromatic N) is 1. The molecule has 0 spiro atoms. The van der Waals surface area contributed by atoms with Gasteiger partial charge in [0.15, 0.2) is 0 Å². The van der Waals surface area contributed by atoms with Crippen molar-refractivity contribution in [3.8, 4) is 5.75 Å². The molecule has 0 aliphatic carbocycles. The van der Waals surface area contributed by atoms with Crippen LogP contribution in [0, 0.1) is 0 Å². The maximum absolute atomic E-state index is 12.6. The summed E-state index contributed by atoms with van der Waals surface area (Å²) in [4.78, 5) is 17.7. The number of carbonyl (C=O) groups excluding carboxylic acids is 1. The number of halogens is 3. The van der Waals surface area contributed by atoms with Gasteiger partial charge in [0.05, 0.1) is 26.1 Å². The summed E-state index contributed by atoms with van der Waals surface area (Å²) in [6.45, 7) is 2.32. The molecule has 1 heterocycles. The summed E-state index contributed by atoms with van der Waals surface area (Å²) < 4.78 is 13.7. The maximum atomic E-state index is 12.6. The molecule has 0 saturated carbocycles. The van der Waals surface area contributed by atoms with Gasteiger partial charge in [-0.05, 0) is 92.4 Å². The molecule has 3 aromatic rings. The van der Waals surface area contributed by atoms with E-state index in [9.17, 15) is 9.90 Å². The smallest absolute Gasteiger partial charge is 0.344 e. The number of carbonyl (C=O) groups is 1. The molecule has 0 unspecified atom stereocenters. The monoisotopic (exact) mass is 691 g/mol. The zero-order valence-corrected chi connectivity index (χ0v) is 24.6. The summed E-state index contributed by atoms with van der Waals surface area (Å²) in [5.41, 5.74) is 2.57. The molecule has 0 fully saturated rings. The first-order chi connectivity index (χ1) is 17.4.